The van der Waals surface area contributed by atoms with E-state index < -0.39 is 0 Å². The van der Waals surface area contributed by atoms with Gasteiger partial charge in [-0.1, -0.05) is 6.42 Å². The lowest BCUT2D eigenvalue weighted by atomic mass is 10.0. The second-order valence-electron chi connectivity index (χ2n) is 4.79. The molecule has 0 spiro atoms. The van der Waals surface area contributed by atoms with Gasteiger partial charge in [-0.25, -0.2) is 4.98 Å². The molecule has 1 aliphatic carbocycles. The Morgan fingerprint density at radius 3 is 3.15 bits per heavy atom. The van der Waals surface area contributed by atoms with Gasteiger partial charge in [0.15, 0.2) is 11.4 Å². The molecule has 6 nitrogen and oxygen atoms in total. The Hall–Kier alpha value is -1.82. The summed E-state index contributed by atoms with van der Waals surface area (Å²) in [5, 5.41) is 3.39. The molecule has 2 atom stereocenters. The van der Waals surface area contributed by atoms with Crippen molar-refractivity contribution >= 4 is 34.5 Å². The first-order valence-electron chi connectivity index (χ1n) is 6.44. The van der Waals surface area contributed by atoms with Gasteiger partial charge in [0.1, 0.15) is 5.52 Å². The van der Waals surface area contributed by atoms with Crippen molar-refractivity contribution < 1.29 is 13.9 Å². The van der Waals surface area contributed by atoms with Crippen LogP contribution in [0.1, 0.15) is 19.3 Å². The SMILES string of the molecule is COC(=O)[C@H]1CCC[C@@H]1Nc1nc(Cl)nc2ccoc12. The molecular formula is C13H14ClN3O3. The van der Waals surface area contributed by atoms with Crippen molar-refractivity contribution in [3.8, 4) is 0 Å². The number of nitrogens with one attached hydrogen (secondary N) is 1. The number of ether oxygens (including phenoxy) is 1. The van der Waals surface area contributed by atoms with E-state index in [1.54, 1.807) is 6.07 Å². The first-order chi connectivity index (χ1) is 9.69. The van der Waals surface area contributed by atoms with Crippen molar-refractivity contribution in [2.45, 2.75) is 25.3 Å². The Bertz CT molecular complexity index is 643. The first-order valence-corrected chi connectivity index (χ1v) is 6.82. The van der Waals surface area contributed by atoms with Crippen LogP contribution in [-0.4, -0.2) is 29.1 Å². The fourth-order valence-corrected chi connectivity index (χ4v) is 2.85. The molecule has 106 valence electrons. The molecule has 0 bridgehead atoms. The zero-order valence-electron chi connectivity index (χ0n) is 10.9. The molecule has 7 heteroatoms. The van der Waals surface area contributed by atoms with Gasteiger partial charge in [-0.05, 0) is 24.4 Å². The smallest absolute Gasteiger partial charge is 0.310 e. The van der Waals surface area contributed by atoms with E-state index in [1.807, 2.05) is 0 Å². The lowest BCUT2D eigenvalue weighted by molar-refractivity contribution is -0.145. The summed E-state index contributed by atoms with van der Waals surface area (Å²) in [6.45, 7) is 0. The minimum atomic E-state index is -0.198. The Morgan fingerprint density at radius 2 is 2.35 bits per heavy atom. The number of furan rings is 1. The largest absolute Gasteiger partial charge is 0.469 e. The number of anilines is 1. The topological polar surface area (TPSA) is 77.2 Å². The summed E-state index contributed by atoms with van der Waals surface area (Å²) in [5.41, 5.74) is 1.19. The third-order valence-electron chi connectivity index (χ3n) is 3.62. The highest BCUT2D eigenvalue weighted by atomic mass is 35.5. The van der Waals surface area contributed by atoms with Crippen LogP contribution in [0.3, 0.4) is 0 Å². The normalized spacial score (nSPS) is 22.1. The number of carbonyl (C=O) groups excluding carboxylic acids is 1. The monoisotopic (exact) mass is 295 g/mol. The minimum Gasteiger partial charge on any atom is -0.469 e. The maximum absolute atomic E-state index is 11.8. The molecule has 0 unspecified atom stereocenters. The van der Waals surface area contributed by atoms with Gasteiger partial charge < -0.3 is 14.5 Å². The van der Waals surface area contributed by atoms with E-state index in [0.717, 1.165) is 19.3 Å². The van der Waals surface area contributed by atoms with Gasteiger partial charge in [-0.2, -0.15) is 4.98 Å². The second-order valence-corrected chi connectivity index (χ2v) is 5.13. The van der Waals surface area contributed by atoms with E-state index in [4.69, 9.17) is 20.8 Å². The lowest BCUT2D eigenvalue weighted by Gasteiger charge is -2.19. The Labute approximate surface area is 120 Å². The fraction of sp³-hybridized carbons (Fsp3) is 0.462. The number of carbonyl (C=O) groups is 1. The highest BCUT2D eigenvalue weighted by Gasteiger charge is 2.34. The van der Waals surface area contributed by atoms with Gasteiger partial charge >= 0.3 is 5.97 Å². The van der Waals surface area contributed by atoms with Crippen molar-refractivity contribution in [2.75, 3.05) is 12.4 Å². The molecule has 3 rings (SSSR count). The fourth-order valence-electron chi connectivity index (χ4n) is 2.67. The Balaban J connectivity index is 1.89. The second kappa shape index (κ2) is 5.28. The van der Waals surface area contributed by atoms with E-state index in [2.05, 4.69) is 15.3 Å². The Morgan fingerprint density at radius 1 is 1.50 bits per heavy atom. The first kappa shape index (κ1) is 13.2. The highest BCUT2D eigenvalue weighted by molar-refractivity contribution is 6.28. The number of fused-ring (bicyclic) bond motifs is 1. The third kappa shape index (κ3) is 2.31. The van der Waals surface area contributed by atoms with Crippen LogP contribution in [0, 0.1) is 5.92 Å². The van der Waals surface area contributed by atoms with Gasteiger partial charge in [0.2, 0.25) is 5.28 Å². The molecule has 2 heterocycles. The van der Waals surface area contributed by atoms with Crippen LogP contribution in [0.25, 0.3) is 11.1 Å². The molecule has 2 aromatic rings. The van der Waals surface area contributed by atoms with Crippen molar-refractivity contribution in [2.24, 2.45) is 5.92 Å². The summed E-state index contributed by atoms with van der Waals surface area (Å²) in [6.07, 6.45) is 4.19. The summed E-state index contributed by atoms with van der Waals surface area (Å²) < 4.78 is 10.2. The van der Waals surface area contributed by atoms with E-state index in [1.165, 1.54) is 13.4 Å². The molecule has 1 saturated carbocycles. The summed E-state index contributed by atoms with van der Waals surface area (Å²) in [5.74, 6) is 0.153. The molecular weight excluding hydrogens is 282 g/mol. The van der Waals surface area contributed by atoms with E-state index in [9.17, 15) is 4.79 Å². The van der Waals surface area contributed by atoms with Crippen LogP contribution in [0.15, 0.2) is 16.7 Å². The zero-order valence-corrected chi connectivity index (χ0v) is 11.7. The minimum absolute atomic E-state index is 0.0262. The van der Waals surface area contributed by atoms with Gasteiger partial charge in [-0.15, -0.1) is 0 Å². The van der Waals surface area contributed by atoms with Gasteiger partial charge in [0.05, 0.1) is 19.3 Å². The number of hydrogen-bond acceptors (Lipinski definition) is 6. The van der Waals surface area contributed by atoms with E-state index >= 15 is 0 Å². The van der Waals surface area contributed by atoms with Crippen LogP contribution in [0.2, 0.25) is 5.28 Å². The quantitative estimate of drug-likeness (QED) is 0.693. The van der Waals surface area contributed by atoms with Gasteiger partial charge in [-0.3, -0.25) is 4.79 Å². The number of nitrogens with zero attached hydrogens (tertiary/aromatic N) is 2. The van der Waals surface area contributed by atoms with Crippen LogP contribution >= 0.6 is 11.6 Å². The van der Waals surface area contributed by atoms with Gasteiger partial charge in [0.25, 0.3) is 0 Å². The lowest BCUT2D eigenvalue weighted by Crippen LogP contribution is -2.31. The number of rotatable bonds is 3. The van der Waals surface area contributed by atoms with Crippen LogP contribution < -0.4 is 5.32 Å². The standard InChI is InChI=1S/C13H14ClN3O3/c1-19-12(18)7-3-2-4-8(7)15-11-10-9(5-6-20-10)16-13(14)17-11/h5-8H,2-4H2,1H3,(H,15,16,17)/t7-,8-/m0/s1. The zero-order chi connectivity index (χ0) is 14.1. The molecule has 1 fully saturated rings. The number of esters is 1. The molecule has 1 N–H and O–H groups in total. The number of halogens is 1. The summed E-state index contributed by atoms with van der Waals surface area (Å²) in [4.78, 5) is 20.0. The number of hydrogen-bond donors (Lipinski definition) is 1. The molecule has 0 radical (unpaired) electrons. The van der Waals surface area contributed by atoms with Crippen molar-refractivity contribution in [3.05, 3.63) is 17.6 Å². The predicted molar refractivity (Wildman–Crippen MR) is 73.6 cm³/mol. The molecule has 0 amide bonds. The van der Waals surface area contributed by atoms with Crippen molar-refractivity contribution in [1.82, 2.24) is 9.97 Å². The number of methoxy groups -OCH3 is 1. The molecule has 0 aliphatic heterocycles. The van der Waals surface area contributed by atoms with Crippen molar-refractivity contribution in [1.29, 1.82) is 0 Å². The maximum atomic E-state index is 11.8. The van der Waals surface area contributed by atoms with E-state index in [0.29, 0.717) is 16.9 Å². The average Bonchev–Trinajstić information content (AvgIpc) is 3.06. The number of aromatic nitrogens is 2. The predicted octanol–water partition coefficient (Wildman–Crippen LogP) is 2.63. The van der Waals surface area contributed by atoms with Crippen LogP contribution in [-0.2, 0) is 9.53 Å². The summed E-state index contributed by atoms with van der Waals surface area (Å²) >= 11 is 5.90. The summed E-state index contributed by atoms with van der Waals surface area (Å²) in [7, 11) is 1.41. The van der Waals surface area contributed by atoms with Crippen molar-refractivity contribution in [3.63, 3.8) is 0 Å². The van der Waals surface area contributed by atoms with Crippen LogP contribution in [0.4, 0.5) is 5.82 Å². The average molecular weight is 296 g/mol. The molecule has 0 saturated heterocycles. The Kier molecular flexibility index (Phi) is 3.48. The highest BCUT2D eigenvalue weighted by Crippen LogP contribution is 2.31. The molecule has 0 aromatic carbocycles. The van der Waals surface area contributed by atoms with Gasteiger partial charge in [0, 0.05) is 12.1 Å². The third-order valence-corrected chi connectivity index (χ3v) is 3.79. The summed E-state index contributed by atoms with van der Waals surface area (Å²) in [6, 6.07) is 1.70. The van der Waals surface area contributed by atoms with E-state index in [-0.39, 0.29) is 23.2 Å². The molecule has 1 aliphatic rings. The molecule has 20 heavy (non-hydrogen) atoms. The van der Waals surface area contributed by atoms with Crippen LogP contribution in [0.5, 0.6) is 0 Å². The molecule has 2 aromatic heterocycles. The maximum Gasteiger partial charge on any atom is 0.310 e.